The summed E-state index contributed by atoms with van der Waals surface area (Å²) in [5.41, 5.74) is 2.72. The lowest BCUT2D eigenvalue weighted by molar-refractivity contribution is 0.414. The van der Waals surface area contributed by atoms with Crippen molar-refractivity contribution >= 4 is 0 Å². The largest absolute Gasteiger partial charge is 0.497 e. The van der Waals surface area contributed by atoms with Crippen molar-refractivity contribution in [1.29, 1.82) is 0 Å². The first kappa shape index (κ1) is 11.8. The Balaban J connectivity index is 2.85. The van der Waals surface area contributed by atoms with Crippen molar-refractivity contribution in [3.05, 3.63) is 41.5 Å². The molecular formula is C14H20O. The summed E-state index contributed by atoms with van der Waals surface area (Å²) >= 11 is 0. The van der Waals surface area contributed by atoms with E-state index < -0.39 is 0 Å². The molecule has 1 aromatic rings. The summed E-state index contributed by atoms with van der Waals surface area (Å²) in [5, 5.41) is 0. The summed E-state index contributed by atoms with van der Waals surface area (Å²) in [4.78, 5) is 0. The van der Waals surface area contributed by atoms with Crippen molar-refractivity contribution < 1.29 is 4.74 Å². The molecule has 82 valence electrons. The fourth-order valence-electron chi connectivity index (χ4n) is 1.80. The second kappa shape index (κ2) is 5.59. The number of hydrogen-bond donors (Lipinski definition) is 0. The second-order valence-corrected chi connectivity index (χ2v) is 3.93. The molecule has 0 spiro atoms. The predicted molar refractivity (Wildman–Crippen MR) is 65.6 cm³/mol. The molecule has 1 heteroatoms. The topological polar surface area (TPSA) is 9.23 Å². The Morgan fingerprint density at radius 3 is 2.67 bits per heavy atom. The van der Waals surface area contributed by atoms with Gasteiger partial charge < -0.3 is 4.74 Å². The highest BCUT2D eigenvalue weighted by molar-refractivity contribution is 5.36. The molecule has 0 radical (unpaired) electrons. The summed E-state index contributed by atoms with van der Waals surface area (Å²) in [6.45, 7) is 6.46. The zero-order valence-corrected chi connectivity index (χ0v) is 10.1. The number of allylic oxidation sites excluding steroid dienone is 2. The van der Waals surface area contributed by atoms with Crippen LogP contribution in [0, 0.1) is 6.92 Å². The molecule has 1 rings (SSSR count). The predicted octanol–water partition coefficient (Wildman–Crippen LogP) is 4.07. The summed E-state index contributed by atoms with van der Waals surface area (Å²) in [5.74, 6) is 1.52. The van der Waals surface area contributed by atoms with Gasteiger partial charge in [-0.25, -0.2) is 0 Å². The number of rotatable bonds is 4. The van der Waals surface area contributed by atoms with E-state index in [1.165, 1.54) is 11.1 Å². The van der Waals surface area contributed by atoms with E-state index >= 15 is 0 Å². The smallest absolute Gasteiger partial charge is 0.119 e. The van der Waals surface area contributed by atoms with Gasteiger partial charge >= 0.3 is 0 Å². The molecule has 1 unspecified atom stereocenters. The lowest BCUT2D eigenvalue weighted by atomic mass is 9.93. The quantitative estimate of drug-likeness (QED) is 0.672. The SMILES string of the molecule is C/C=C\CC(C)c1ccc(OC)cc1C. The minimum Gasteiger partial charge on any atom is -0.497 e. The van der Waals surface area contributed by atoms with Crippen molar-refractivity contribution in [2.24, 2.45) is 0 Å². The molecule has 0 saturated carbocycles. The van der Waals surface area contributed by atoms with E-state index in [1.807, 2.05) is 6.07 Å². The molecule has 0 bridgehead atoms. The average Bonchev–Trinajstić information content (AvgIpc) is 2.25. The van der Waals surface area contributed by atoms with Gasteiger partial charge in [0.25, 0.3) is 0 Å². The molecular weight excluding hydrogens is 184 g/mol. The van der Waals surface area contributed by atoms with Gasteiger partial charge in [0.15, 0.2) is 0 Å². The molecule has 0 heterocycles. The van der Waals surface area contributed by atoms with Crippen LogP contribution in [0.25, 0.3) is 0 Å². The van der Waals surface area contributed by atoms with Crippen LogP contribution in [-0.4, -0.2) is 7.11 Å². The Kier molecular flexibility index (Phi) is 4.41. The van der Waals surface area contributed by atoms with Gasteiger partial charge in [-0.1, -0.05) is 25.1 Å². The minimum absolute atomic E-state index is 0.576. The Labute approximate surface area is 92.8 Å². The molecule has 1 atom stereocenters. The lowest BCUT2D eigenvalue weighted by Crippen LogP contribution is -1.96. The number of methoxy groups -OCH3 is 1. The van der Waals surface area contributed by atoms with E-state index in [9.17, 15) is 0 Å². The van der Waals surface area contributed by atoms with E-state index in [0.717, 1.165) is 12.2 Å². The zero-order chi connectivity index (χ0) is 11.3. The Bertz CT molecular complexity index is 339. The monoisotopic (exact) mass is 204 g/mol. The van der Waals surface area contributed by atoms with Crippen LogP contribution in [0.3, 0.4) is 0 Å². The summed E-state index contributed by atoms with van der Waals surface area (Å²) in [6.07, 6.45) is 5.42. The van der Waals surface area contributed by atoms with E-state index in [0.29, 0.717) is 5.92 Å². The Hall–Kier alpha value is -1.24. The summed E-state index contributed by atoms with van der Waals surface area (Å²) in [6, 6.07) is 6.30. The highest BCUT2D eigenvalue weighted by atomic mass is 16.5. The van der Waals surface area contributed by atoms with Crippen LogP contribution >= 0.6 is 0 Å². The molecule has 0 N–H and O–H groups in total. The van der Waals surface area contributed by atoms with E-state index in [-0.39, 0.29) is 0 Å². The molecule has 0 amide bonds. The maximum absolute atomic E-state index is 5.20. The van der Waals surface area contributed by atoms with E-state index in [4.69, 9.17) is 4.74 Å². The first-order valence-corrected chi connectivity index (χ1v) is 5.44. The van der Waals surface area contributed by atoms with Gasteiger partial charge in [0, 0.05) is 0 Å². The molecule has 1 nitrogen and oxygen atoms in total. The van der Waals surface area contributed by atoms with E-state index in [1.54, 1.807) is 7.11 Å². The number of ether oxygens (including phenoxy) is 1. The molecule has 0 aromatic heterocycles. The van der Waals surface area contributed by atoms with Crippen molar-refractivity contribution in [3.63, 3.8) is 0 Å². The molecule has 15 heavy (non-hydrogen) atoms. The number of benzene rings is 1. The van der Waals surface area contributed by atoms with E-state index in [2.05, 4.69) is 45.1 Å². The lowest BCUT2D eigenvalue weighted by Gasteiger charge is -2.13. The van der Waals surface area contributed by atoms with Crippen LogP contribution < -0.4 is 4.74 Å². The molecule has 1 aromatic carbocycles. The molecule has 0 fully saturated rings. The second-order valence-electron chi connectivity index (χ2n) is 3.93. The average molecular weight is 204 g/mol. The first-order chi connectivity index (χ1) is 7.19. The molecule has 0 aliphatic carbocycles. The standard InChI is InChI=1S/C14H20O/c1-5-6-7-11(2)14-9-8-13(15-4)10-12(14)3/h5-6,8-11H,7H2,1-4H3/b6-5-. The van der Waals surface area contributed by atoms with Gasteiger partial charge in [-0.3, -0.25) is 0 Å². The fourth-order valence-corrected chi connectivity index (χ4v) is 1.80. The highest BCUT2D eigenvalue weighted by Gasteiger charge is 2.07. The summed E-state index contributed by atoms with van der Waals surface area (Å²) < 4.78 is 5.20. The maximum Gasteiger partial charge on any atom is 0.119 e. The van der Waals surface area contributed by atoms with Gasteiger partial charge in [0.1, 0.15) is 5.75 Å². The third kappa shape index (κ3) is 3.12. The molecule has 0 aliphatic rings. The zero-order valence-electron chi connectivity index (χ0n) is 10.1. The van der Waals surface area contributed by atoms with Crippen molar-refractivity contribution in [1.82, 2.24) is 0 Å². The molecule has 0 saturated heterocycles. The van der Waals surface area contributed by atoms with Crippen LogP contribution in [-0.2, 0) is 0 Å². The van der Waals surface area contributed by atoms with Gasteiger partial charge in [-0.2, -0.15) is 0 Å². The highest BCUT2D eigenvalue weighted by Crippen LogP contribution is 2.26. The van der Waals surface area contributed by atoms with Crippen LogP contribution in [0.1, 0.15) is 37.3 Å². The van der Waals surface area contributed by atoms with Gasteiger partial charge in [0.05, 0.1) is 7.11 Å². The number of hydrogen-bond acceptors (Lipinski definition) is 1. The maximum atomic E-state index is 5.20. The normalized spacial score (nSPS) is 13.1. The van der Waals surface area contributed by atoms with Gasteiger partial charge in [-0.05, 0) is 49.4 Å². The Morgan fingerprint density at radius 1 is 1.40 bits per heavy atom. The molecule has 0 aliphatic heterocycles. The van der Waals surface area contributed by atoms with Crippen molar-refractivity contribution in [2.45, 2.75) is 33.1 Å². The fraction of sp³-hybridized carbons (Fsp3) is 0.429. The van der Waals surface area contributed by atoms with Crippen LogP contribution in [0.2, 0.25) is 0 Å². The van der Waals surface area contributed by atoms with Crippen LogP contribution in [0.4, 0.5) is 0 Å². The summed E-state index contributed by atoms with van der Waals surface area (Å²) in [7, 11) is 1.71. The first-order valence-electron chi connectivity index (χ1n) is 5.44. The third-order valence-electron chi connectivity index (χ3n) is 2.73. The minimum atomic E-state index is 0.576. The number of aryl methyl sites for hydroxylation is 1. The van der Waals surface area contributed by atoms with Gasteiger partial charge in [-0.15, -0.1) is 0 Å². The Morgan fingerprint density at radius 2 is 2.13 bits per heavy atom. The van der Waals surface area contributed by atoms with Gasteiger partial charge in [0.2, 0.25) is 0 Å². The third-order valence-corrected chi connectivity index (χ3v) is 2.73. The van der Waals surface area contributed by atoms with Crippen LogP contribution in [0.15, 0.2) is 30.4 Å². The van der Waals surface area contributed by atoms with Crippen LogP contribution in [0.5, 0.6) is 5.75 Å². The van der Waals surface area contributed by atoms with Crippen molar-refractivity contribution in [2.75, 3.05) is 7.11 Å². The van der Waals surface area contributed by atoms with Crippen molar-refractivity contribution in [3.8, 4) is 5.75 Å².